The van der Waals surface area contributed by atoms with Gasteiger partial charge in [0.25, 0.3) is 0 Å². The first-order valence-electron chi connectivity index (χ1n) is 5.17. The molecule has 0 bridgehead atoms. The van der Waals surface area contributed by atoms with Gasteiger partial charge in [-0.25, -0.2) is 0 Å². The van der Waals surface area contributed by atoms with Crippen LogP contribution in [0, 0.1) is 0 Å². The molecule has 2 atom stereocenters. The Morgan fingerprint density at radius 1 is 1.40 bits per heavy atom. The molecule has 1 aromatic rings. The summed E-state index contributed by atoms with van der Waals surface area (Å²) in [5.41, 5.74) is 1.06. The number of esters is 1. The van der Waals surface area contributed by atoms with E-state index in [1.807, 2.05) is 30.3 Å². The molecular formula is C12H14O3. The van der Waals surface area contributed by atoms with E-state index in [9.17, 15) is 9.90 Å². The van der Waals surface area contributed by atoms with E-state index >= 15 is 0 Å². The van der Waals surface area contributed by atoms with Crippen LogP contribution >= 0.6 is 0 Å². The fourth-order valence-corrected chi connectivity index (χ4v) is 1.80. The molecule has 1 saturated heterocycles. The summed E-state index contributed by atoms with van der Waals surface area (Å²) in [6, 6.07) is 9.72. The normalized spacial score (nSPS) is 22.5. The summed E-state index contributed by atoms with van der Waals surface area (Å²) in [6.07, 6.45) is 0.693. The number of cyclic esters (lactones) is 1. The van der Waals surface area contributed by atoms with Gasteiger partial charge in [0, 0.05) is 12.8 Å². The molecule has 15 heavy (non-hydrogen) atoms. The van der Waals surface area contributed by atoms with Crippen LogP contribution in [0.3, 0.4) is 0 Å². The van der Waals surface area contributed by atoms with Crippen molar-refractivity contribution in [1.82, 2.24) is 0 Å². The van der Waals surface area contributed by atoms with Crippen LogP contribution in [-0.4, -0.2) is 23.3 Å². The molecule has 0 radical (unpaired) electrons. The largest absolute Gasteiger partial charge is 0.460 e. The molecule has 0 saturated carbocycles. The molecule has 3 nitrogen and oxygen atoms in total. The SMILES string of the molecule is O=C1CCC(C(O)Cc2ccccc2)O1. The van der Waals surface area contributed by atoms with Gasteiger partial charge in [0.1, 0.15) is 6.10 Å². The van der Waals surface area contributed by atoms with E-state index in [1.54, 1.807) is 0 Å². The molecule has 1 aromatic carbocycles. The smallest absolute Gasteiger partial charge is 0.306 e. The summed E-state index contributed by atoms with van der Waals surface area (Å²) in [5, 5.41) is 9.84. The number of hydrogen-bond donors (Lipinski definition) is 1. The van der Waals surface area contributed by atoms with E-state index in [4.69, 9.17) is 4.74 Å². The predicted molar refractivity (Wildman–Crippen MR) is 55.3 cm³/mol. The number of carbonyl (C=O) groups excluding carboxylic acids is 1. The second-order valence-corrected chi connectivity index (χ2v) is 3.82. The van der Waals surface area contributed by atoms with Crippen LogP contribution < -0.4 is 0 Å². The monoisotopic (exact) mass is 206 g/mol. The van der Waals surface area contributed by atoms with Gasteiger partial charge in [-0.15, -0.1) is 0 Å². The standard InChI is InChI=1S/C12H14O3/c13-10(11-6-7-12(14)15-11)8-9-4-2-1-3-5-9/h1-5,10-11,13H,6-8H2. The van der Waals surface area contributed by atoms with Gasteiger partial charge in [0.05, 0.1) is 6.10 Å². The highest BCUT2D eigenvalue weighted by Crippen LogP contribution is 2.19. The minimum Gasteiger partial charge on any atom is -0.460 e. The molecule has 0 aromatic heterocycles. The number of aliphatic hydroxyl groups excluding tert-OH is 1. The Hall–Kier alpha value is -1.35. The van der Waals surface area contributed by atoms with Crippen LogP contribution in [0.4, 0.5) is 0 Å². The third-order valence-electron chi connectivity index (χ3n) is 2.63. The quantitative estimate of drug-likeness (QED) is 0.758. The van der Waals surface area contributed by atoms with Crippen LogP contribution in [-0.2, 0) is 16.0 Å². The first-order chi connectivity index (χ1) is 7.25. The molecule has 1 N–H and O–H groups in total. The Kier molecular flexibility index (Phi) is 3.02. The number of aliphatic hydroxyl groups is 1. The number of rotatable bonds is 3. The molecule has 0 amide bonds. The van der Waals surface area contributed by atoms with Gasteiger partial charge in [0.2, 0.25) is 0 Å². The maximum absolute atomic E-state index is 10.9. The molecule has 2 unspecified atom stereocenters. The molecule has 0 aliphatic carbocycles. The lowest BCUT2D eigenvalue weighted by atomic mass is 10.0. The first kappa shape index (κ1) is 10.2. The first-order valence-corrected chi connectivity index (χ1v) is 5.17. The third kappa shape index (κ3) is 2.57. The fourth-order valence-electron chi connectivity index (χ4n) is 1.80. The topological polar surface area (TPSA) is 46.5 Å². The van der Waals surface area contributed by atoms with Crippen LogP contribution in [0.5, 0.6) is 0 Å². The summed E-state index contributed by atoms with van der Waals surface area (Å²) in [5.74, 6) is -0.202. The lowest BCUT2D eigenvalue weighted by Crippen LogP contribution is -2.27. The summed E-state index contributed by atoms with van der Waals surface area (Å²) in [7, 11) is 0. The average Bonchev–Trinajstić information content (AvgIpc) is 2.66. The van der Waals surface area contributed by atoms with Crippen LogP contribution in [0.2, 0.25) is 0 Å². The number of hydrogen-bond acceptors (Lipinski definition) is 3. The second-order valence-electron chi connectivity index (χ2n) is 3.82. The molecule has 0 spiro atoms. The van der Waals surface area contributed by atoms with Crippen molar-refractivity contribution in [1.29, 1.82) is 0 Å². The van der Waals surface area contributed by atoms with Gasteiger partial charge in [-0.2, -0.15) is 0 Å². The Morgan fingerprint density at radius 2 is 2.13 bits per heavy atom. The average molecular weight is 206 g/mol. The van der Waals surface area contributed by atoms with E-state index in [2.05, 4.69) is 0 Å². The van der Waals surface area contributed by atoms with E-state index in [1.165, 1.54) is 0 Å². The third-order valence-corrected chi connectivity index (χ3v) is 2.63. The molecule has 1 aliphatic heterocycles. The molecule has 1 heterocycles. The Morgan fingerprint density at radius 3 is 2.73 bits per heavy atom. The molecule has 1 aliphatic rings. The van der Waals surface area contributed by atoms with Crippen LogP contribution in [0.1, 0.15) is 18.4 Å². The van der Waals surface area contributed by atoms with E-state index in [-0.39, 0.29) is 12.1 Å². The zero-order valence-electron chi connectivity index (χ0n) is 8.43. The second kappa shape index (κ2) is 4.45. The lowest BCUT2D eigenvalue weighted by Gasteiger charge is -2.16. The summed E-state index contributed by atoms with van der Waals surface area (Å²) >= 11 is 0. The fraction of sp³-hybridized carbons (Fsp3) is 0.417. The van der Waals surface area contributed by atoms with Gasteiger partial charge >= 0.3 is 5.97 Å². The van der Waals surface area contributed by atoms with E-state index in [0.717, 1.165) is 5.56 Å². The van der Waals surface area contributed by atoms with Gasteiger partial charge < -0.3 is 9.84 Å². The van der Waals surface area contributed by atoms with Crippen LogP contribution in [0.15, 0.2) is 30.3 Å². The van der Waals surface area contributed by atoms with Crippen molar-refractivity contribution >= 4 is 5.97 Å². The molecular weight excluding hydrogens is 192 g/mol. The molecule has 80 valence electrons. The number of benzene rings is 1. The highest BCUT2D eigenvalue weighted by molar-refractivity contribution is 5.71. The van der Waals surface area contributed by atoms with Crippen molar-refractivity contribution in [3.63, 3.8) is 0 Å². The Balaban J connectivity index is 1.92. The molecule has 1 fully saturated rings. The van der Waals surface area contributed by atoms with Gasteiger partial charge in [0.15, 0.2) is 0 Å². The maximum atomic E-state index is 10.9. The van der Waals surface area contributed by atoms with Crippen molar-refractivity contribution in [2.45, 2.75) is 31.5 Å². The van der Waals surface area contributed by atoms with E-state index in [0.29, 0.717) is 19.3 Å². The highest BCUT2D eigenvalue weighted by atomic mass is 16.6. The minimum absolute atomic E-state index is 0.202. The Labute approximate surface area is 88.7 Å². The molecule has 3 heteroatoms. The van der Waals surface area contributed by atoms with E-state index < -0.39 is 6.10 Å². The maximum Gasteiger partial charge on any atom is 0.306 e. The van der Waals surface area contributed by atoms with Gasteiger partial charge in [-0.1, -0.05) is 30.3 Å². The summed E-state index contributed by atoms with van der Waals surface area (Å²) < 4.78 is 5.01. The number of carbonyl (C=O) groups is 1. The van der Waals surface area contributed by atoms with Crippen molar-refractivity contribution < 1.29 is 14.6 Å². The Bertz CT molecular complexity index is 334. The van der Waals surface area contributed by atoms with Crippen molar-refractivity contribution in [3.8, 4) is 0 Å². The lowest BCUT2D eigenvalue weighted by molar-refractivity contribution is -0.145. The van der Waals surface area contributed by atoms with Gasteiger partial charge in [-0.05, 0) is 12.0 Å². The predicted octanol–water partition coefficient (Wildman–Crippen LogP) is 1.30. The number of ether oxygens (including phenoxy) is 1. The minimum atomic E-state index is -0.584. The van der Waals surface area contributed by atoms with Crippen molar-refractivity contribution in [3.05, 3.63) is 35.9 Å². The highest BCUT2D eigenvalue weighted by Gasteiger charge is 2.29. The molecule has 2 rings (SSSR count). The summed E-state index contributed by atoms with van der Waals surface area (Å²) in [6.45, 7) is 0. The van der Waals surface area contributed by atoms with Crippen molar-refractivity contribution in [2.75, 3.05) is 0 Å². The zero-order valence-corrected chi connectivity index (χ0v) is 8.43. The summed E-state index contributed by atoms with van der Waals surface area (Å²) in [4.78, 5) is 10.9. The van der Waals surface area contributed by atoms with Crippen molar-refractivity contribution in [2.24, 2.45) is 0 Å². The van der Waals surface area contributed by atoms with Gasteiger partial charge in [-0.3, -0.25) is 4.79 Å². The van der Waals surface area contributed by atoms with Crippen LogP contribution in [0.25, 0.3) is 0 Å². The zero-order chi connectivity index (χ0) is 10.7.